The number of piperazine rings is 1. The number of carbonyl (C=O) groups excluding carboxylic acids is 1. The molecule has 3 heterocycles. The predicted molar refractivity (Wildman–Crippen MR) is 112 cm³/mol. The van der Waals surface area contributed by atoms with Crippen molar-refractivity contribution in [3.05, 3.63) is 45.6 Å². The summed E-state index contributed by atoms with van der Waals surface area (Å²) in [5, 5.41) is 1.71. The average Bonchev–Trinajstić information content (AvgIpc) is 3.15. The van der Waals surface area contributed by atoms with Crippen LogP contribution in [0.1, 0.15) is 29.9 Å². The van der Waals surface area contributed by atoms with Gasteiger partial charge in [0.25, 0.3) is 11.5 Å². The number of para-hydroxylation sites is 1. The highest BCUT2D eigenvalue weighted by Gasteiger charge is 2.24. The van der Waals surface area contributed by atoms with Crippen LogP contribution < -0.4 is 5.56 Å². The number of hydrogen-bond donors (Lipinski definition) is 0. The third-order valence-corrected chi connectivity index (χ3v) is 6.53. The van der Waals surface area contributed by atoms with Crippen LogP contribution in [0.25, 0.3) is 21.0 Å². The number of carbonyl (C=O) groups is 1. The number of benzene rings is 1. The first-order valence-corrected chi connectivity index (χ1v) is 10.5. The molecule has 0 unspecified atom stereocenters. The Kier molecular flexibility index (Phi) is 5.02. The lowest BCUT2D eigenvalue weighted by atomic mass is 10.1. The predicted octanol–water partition coefficient (Wildman–Crippen LogP) is 3.40. The molecule has 0 radical (unpaired) electrons. The van der Waals surface area contributed by atoms with E-state index in [0.29, 0.717) is 16.8 Å². The fourth-order valence-corrected chi connectivity index (χ4v) is 5.12. The van der Waals surface area contributed by atoms with Gasteiger partial charge in [-0.2, -0.15) is 0 Å². The quantitative estimate of drug-likeness (QED) is 0.694. The maximum absolute atomic E-state index is 13.0. The largest absolute Gasteiger partial charge is 0.335 e. The summed E-state index contributed by atoms with van der Waals surface area (Å²) in [6.45, 7) is 9.24. The van der Waals surface area contributed by atoms with Crippen molar-refractivity contribution in [2.75, 3.05) is 32.7 Å². The molecule has 27 heavy (non-hydrogen) atoms. The van der Waals surface area contributed by atoms with E-state index < -0.39 is 0 Å². The normalized spacial score (nSPS) is 15.7. The minimum Gasteiger partial charge on any atom is -0.335 e. The number of aryl methyl sites for hydroxylation is 1. The van der Waals surface area contributed by atoms with Gasteiger partial charge in [0.1, 0.15) is 0 Å². The molecule has 0 bridgehead atoms. The van der Waals surface area contributed by atoms with E-state index in [1.807, 2.05) is 42.2 Å². The van der Waals surface area contributed by atoms with Crippen LogP contribution in [0.5, 0.6) is 0 Å². The summed E-state index contributed by atoms with van der Waals surface area (Å²) in [4.78, 5) is 31.0. The van der Waals surface area contributed by atoms with Gasteiger partial charge in [-0.15, -0.1) is 11.3 Å². The molecule has 6 heteroatoms. The van der Waals surface area contributed by atoms with Crippen LogP contribution in [0.2, 0.25) is 0 Å². The molecule has 0 N–H and O–H groups in total. The van der Waals surface area contributed by atoms with Gasteiger partial charge >= 0.3 is 0 Å². The zero-order valence-electron chi connectivity index (χ0n) is 15.9. The number of nitrogens with zero attached hydrogens (tertiary/aromatic N) is 3. The Morgan fingerprint density at radius 3 is 2.52 bits per heavy atom. The summed E-state index contributed by atoms with van der Waals surface area (Å²) < 4.78 is 2.72. The third kappa shape index (κ3) is 3.17. The van der Waals surface area contributed by atoms with Crippen LogP contribution in [-0.2, 0) is 6.54 Å². The van der Waals surface area contributed by atoms with Crippen LogP contribution in [0.4, 0.5) is 0 Å². The monoisotopic (exact) mass is 383 g/mol. The zero-order valence-corrected chi connectivity index (χ0v) is 16.7. The first-order valence-electron chi connectivity index (χ1n) is 9.70. The lowest BCUT2D eigenvalue weighted by molar-refractivity contribution is 0.0642. The molecule has 1 aliphatic heterocycles. The van der Waals surface area contributed by atoms with Crippen molar-refractivity contribution < 1.29 is 4.79 Å². The molecule has 3 aromatic rings. The minimum atomic E-state index is -0.00531. The first-order chi connectivity index (χ1) is 13.1. The molecule has 1 aromatic carbocycles. The summed E-state index contributed by atoms with van der Waals surface area (Å²) in [6.07, 6.45) is 1.14. The topological polar surface area (TPSA) is 45.6 Å². The Morgan fingerprint density at radius 2 is 1.81 bits per heavy atom. The van der Waals surface area contributed by atoms with Gasteiger partial charge in [-0.3, -0.25) is 14.5 Å². The van der Waals surface area contributed by atoms with E-state index in [1.54, 1.807) is 4.57 Å². The Balaban J connectivity index is 1.72. The molecule has 5 nitrogen and oxygen atoms in total. The summed E-state index contributed by atoms with van der Waals surface area (Å²) in [5.41, 5.74) is 0.931. The second kappa shape index (κ2) is 7.44. The van der Waals surface area contributed by atoms with Gasteiger partial charge in [0.15, 0.2) is 0 Å². The molecule has 0 saturated carbocycles. The highest BCUT2D eigenvalue weighted by molar-refractivity contribution is 7.21. The number of pyridine rings is 1. The summed E-state index contributed by atoms with van der Waals surface area (Å²) in [6, 6.07) is 9.77. The lowest BCUT2D eigenvalue weighted by Crippen LogP contribution is -2.48. The first kappa shape index (κ1) is 18.2. The van der Waals surface area contributed by atoms with Crippen molar-refractivity contribution >= 4 is 38.2 Å². The Labute approximate surface area is 162 Å². The minimum absolute atomic E-state index is 0.00531. The van der Waals surface area contributed by atoms with Crippen molar-refractivity contribution in [2.45, 2.75) is 26.8 Å². The SMILES string of the molecule is CCCN1CCN(C(=O)c2cc3c(=O)n(CC)c4ccccc4c3s2)CC1. The van der Waals surface area contributed by atoms with Crippen LogP contribution >= 0.6 is 11.3 Å². The van der Waals surface area contributed by atoms with Gasteiger partial charge in [-0.25, -0.2) is 0 Å². The standard InChI is InChI=1S/C21H25N3O2S/c1-3-9-22-10-12-23(13-11-22)21(26)18-14-16-19(27-18)15-7-5-6-8-17(15)24(4-2)20(16)25/h5-8,14H,3-4,9-13H2,1-2H3. The van der Waals surface area contributed by atoms with Crippen molar-refractivity contribution in [3.8, 4) is 0 Å². The van der Waals surface area contributed by atoms with E-state index in [-0.39, 0.29) is 11.5 Å². The van der Waals surface area contributed by atoms with Gasteiger partial charge in [0.2, 0.25) is 0 Å². The fraction of sp³-hybridized carbons (Fsp3) is 0.429. The second-order valence-corrected chi connectivity index (χ2v) is 8.11. The number of hydrogen-bond acceptors (Lipinski definition) is 4. The van der Waals surface area contributed by atoms with E-state index >= 15 is 0 Å². The summed E-state index contributed by atoms with van der Waals surface area (Å²) in [7, 11) is 0. The number of thiophene rings is 1. The number of aromatic nitrogens is 1. The third-order valence-electron chi connectivity index (χ3n) is 5.37. The van der Waals surface area contributed by atoms with Crippen molar-refractivity contribution in [1.29, 1.82) is 0 Å². The van der Waals surface area contributed by atoms with Gasteiger partial charge in [0.05, 0.1) is 15.8 Å². The van der Waals surface area contributed by atoms with E-state index in [1.165, 1.54) is 11.3 Å². The molecule has 142 valence electrons. The highest BCUT2D eigenvalue weighted by Crippen LogP contribution is 2.31. The van der Waals surface area contributed by atoms with E-state index in [4.69, 9.17) is 0 Å². The van der Waals surface area contributed by atoms with Crippen LogP contribution in [0, 0.1) is 0 Å². The molecular formula is C21H25N3O2S. The summed E-state index contributed by atoms with van der Waals surface area (Å²) >= 11 is 1.45. The van der Waals surface area contributed by atoms with Gasteiger partial charge in [0, 0.05) is 42.8 Å². The molecule has 0 aliphatic carbocycles. The molecule has 0 spiro atoms. The second-order valence-electron chi connectivity index (χ2n) is 7.05. The molecule has 0 atom stereocenters. The van der Waals surface area contributed by atoms with Crippen molar-refractivity contribution in [2.24, 2.45) is 0 Å². The average molecular weight is 384 g/mol. The van der Waals surface area contributed by atoms with E-state index in [2.05, 4.69) is 11.8 Å². The highest BCUT2D eigenvalue weighted by atomic mass is 32.1. The number of amides is 1. The Hall–Kier alpha value is -2.18. The lowest BCUT2D eigenvalue weighted by Gasteiger charge is -2.34. The number of fused-ring (bicyclic) bond motifs is 3. The molecule has 1 saturated heterocycles. The molecular weight excluding hydrogens is 358 g/mol. The summed E-state index contributed by atoms with van der Waals surface area (Å²) in [5.74, 6) is 0.0545. The molecule has 2 aromatic heterocycles. The van der Waals surface area contributed by atoms with Gasteiger partial charge in [-0.1, -0.05) is 25.1 Å². The van der Waals surface area contributed by atoms with E-state index in [9.17, 15) is 9.59 Å². The molecule has 1 fully saturated rings. The molecule has 1 amide bonds. The molecule has 1 aliphatic rings. The van der Waals surface area contributed by atoms with E-state index in [0.717, 1.165) is 54.7 Å². The maximum atomic E-state index is 13.0. The van der Waals surface area contributed by atoms with Gasteiger partial charge < -0.3 is 9.47 Å². The Morgan fingerprint density at radius 1 is 1.07 bits per heavy atom. The van der Waals surface area contributed by atoms with Crippen LogP contribution in [-0.4, -0.2) is 53.0 Å². The molecule has 4 rings (SSSR count). The number of rotatable bonds is 4. The van der Waals surface area contributed by atoms with Crippen LogP contribution in [0.3, 0.4) is 0 Å². The van der Waals surface area contributed by atoms with Gasteiger partial charge in [-0.05, 0) is 32.0 Å². The van der Waals surface area contributed by atoms with Crippen LogP contribution in [0.15, 0.2) is 35.1 Å². The Bertz CT molecular complexity index is 1040. The zero-order chi connectivity index (χ0) is 19.0. The van der Waals surface area contributed by atoms with Crippen molar-refractivity contribution in [3.63, 3.8) is 0 Å². The smallest absolute Gasteiger partial charge is 0.264 e. The fourth-order valence-electron chi connectivity index (χ4n) is 3.97. The van der Waals surface area contributed by atoms with Crippen molar-refractivity contribution in [1.82, 2.24) is 14.4 Å². The maximum Gasteiger partial charge on any atom is 0.264 e.